The number of likely N-dealkylation sites (tertiary alicyclic amines) is 1. The highest BCUT2D eigenvalue weighted by atomic mass is 32.1. The van der Waals surface area contributed by atoms with Crippen LogP contribution in [0.1, 0.15) is 25.7 Å². The lowest BCUT2D eigenvalue weighted by Gasteiger charge is -2.43. The van der Waals surface area contributed by atoms with Gasteiger partial charge in [0.1, 0.15) is 17.0 Å². The third-order valence-corrected chi connectivity index (χ3v) is 7.83. The molecule has 1 aromatic carbocycles. The first kappa shape index (κ1) is 19.9. The second-order valence-electron chi connectivity index (χ2n) is 8.84. The topological polar surface area (TPSA) is 35.5 Å². The van der Waals surface area contributed by atoms with Crippen molar-refractivity contribution >= 4 is 27.4 Å². The van der Waals surface area contributed by atoms with Gasteiger partial charge in [-0.15, -0.1) is 11.3 Å². The van der Waals surface area contributed by atoms with Gasteiger partial charge >= 0.3 is 0 Å². The van der Waals surface area contributed by atoms with Gasteiger partial charge in [0.15, 0.2) is 0 Å². The van der Waals surface area contributed by atoms with Crippen LogP contribution in [0, 0.1) is 0 Å². The molecule has 0 radical (unpaired) electrons. The monoisotopic (exact) mass is 421 g/mol. The van der Waals surface area contributed by atoms with Crippen molar-refractivity contribution in [2.45, 2.75) is 37.8 Å². The molecule has 0 spiro atoms. The molecule has 0 unspecified atom stereocenters. The van der Waals surface area contributed by atoms with E-state index in [0.29, 0.717) is 0 Å². The fourth-order valence-electron chi connectivity index (χ4n) is 5.14. The number of rotatable bonds is 4. The van der Waals surface area contributed by atoms with Crippen LogP contribution in [0.5, 0.6) is 0 Å². The predicted octanol–water partition coefficient (Wildman–Crippen LogP) is 4.35. The SMILES string of the molecule is CN(C)C1CCN(C2CCN(c3ncnc4scc(-c5ccccc5)c34)CC2)CC1. The van der Waals surface area contributed by atoms with E-state index in [1.807, 2.05) is 0 Å². The minimum atomic E-state index is 0.720. The van der Waals surface area contributed by atoms with E-state index >= 15 is 0 Å². The average Bonchev–Trinajstić information content (AvgIpc) is 3.24. The Morgan fingerprint density at radius 3 is 2.37 bits per heavy atom. The lowest BCUT2D eigenvalue weighted by molar-refractivity contribution is 0.0960. The molecular formula is C24H31N5S. The number of fused-ring (bicyclic) bond motifs is 1. The van der Waals surface area contributed by atoms with Crippen molar-refractivity contribution in [3.8, 4) is 11.1 Å². The predicted molar refractivity (Wildman–Crippen MR) is 126 cm³/mol. The van der Waals surface area contributed by atoms with E-state index in [1.165, 1.54) is 55.3 Å². The van der Waals surface area contributed by atoms with Crippen LogP contribution >= 0.6 is 11.3 Å². The van der Waals surface area contributed by atoms with Gasteiger partial charge in [-0.25, -0.2) is 9.97 Å². The molecule has 0 aliphatic carbocycles. The highest BCUT2D eigenvalue weighted by Crippen LogP contribution is 2.38. The van der Waals surface area contributed by atoms with Crippen molar-refractivity contribution in [3.05, 3.63) is 42.0 Å². The molecule has 0 atom stereocenters. The van der Waals surface area contributed by atoms with Crippen molar-refractivity contribution in [1.82, 2.24) is 19.8 Å². The number of piperidine rings is 2. The Hall–Kier alpha value is -2.02. The molecule has 6 heteroatoms. The number of hydrogen-bond acceptors (Lipinski definition) is 6. The summed E-state index contributed by atoms with van der Waals surface area (Å²) in [5.74, 6) is 1.12. The van der Waals surface area contributed by atoms with Crippen LogP contribution in [-0.4, -0.2) is 72.1 Å². The number of nitrogens with zero attached hydrogens (tertiary/aromatic N) is 5. The zero-order valence-corrected chi connectivity index (χ0v) is 18.8. The summed E-state index contributed by atoms with van der Waals surface area (Å²) in [6.45, 7) is 4.64. The van der Waals surface area contributed by atoms with Crippen LogP contribution in [0.25, 0.3) is 21.3 Å². The Labute approximate surface area is 183 Å². The van der Waals surface area contributed by atoms with Gasteiger partial charge in [0, 0.05) is 36.1 Å². The van der Waals surface area contributed by atoms with Crippen molar-refractivity contribution in [2.24, 2.45) is 0 Å². The maximum absolute atomic E-state index is 4.76. The van der Waals surface area contributed by atoms with Crippen LogP contribution in [0.15, 0.2) is 42.0 Å². The Morgan fingerprint density at radius 2 is 1.67 bits per heavy atom. The van der Waals surface area contributed by atoms with Crippen LogP contribution in [0.2, 0.25) is 0 Å². The summed E-state index contributed by atoms with van der Waals surface area (Å²) in [6, 6.07) is 12.1. The normalized spacial score (nSPS) is 19.8. The lowest BCUT2D eigenvalue weighted by atomic mass is 9.97. The van der Waals surface area contributed by atoms with Crippen LogP contribution in [0.4, 0.5) is 5.82 Å². The summed E-state index contributed by atoms with van der Waals surface area (Å²) >= 11 is 1.72. The minimum absolute atomic E-state index is 0.720. The standard InChI is InChI=1S/C24H31N5S/c1-27(2)19-8-12-28(13-9-19)20-10-14-29(15-11-20)23-22-21(18-6-4-3-5-7-18)16-30-24(22)26-17-25-23/h3-7,16-17,19-20H,8-15H2,1-2H3. The molecular weight excluding hydrogens is 390 g/mol. The third kappa shape index (κ3) is 3.84. The van der Waals surface area contributed by atoms with E-state index in [1.54, 1.807) is 17.7 Å². The first-order valence-corrected chi connectivity index (χ1v) is 12.0. The van der Waals surface area contributed by atoms with Crippen molar-refractivity contribution in [1.29, 1.82) is 0 Å². The van der Waals surface area contributed by atoms with E-state index in [2.05, 4.69) is 69.5 Å². The molecule has 0 saturated carbocycles. The van der Waals surface area contributed by atoms with Gasteiger partial charge in [0.05, 0.1) is 5.39 Å². The van der Waals surface area contributed by atoms with Gasteiger partial charge in [-0.2, -0.15) is 0 Å². The Morgan fingerprint density at radius 1 is 0.933 bits per heavy atom. The Kier molecular flexibility index (Phi) is 5.72. The summed E-state index contributed by atoms with van der Waals surface area (Å²) in [5, 5.41) is 3.46. The van der Waals surface area contributed by atoms with Gasteiger partial charge in [0.2, 0.25) is 0 Å². The molecule has 5 nitrogen and oxygen atoms in total. The number of thiophene rings is 1. The smallest absolute Gasteiger partial charge is 0.141 e. The first-order chi connectivity index (χ1) is 14.7. The van der Waals surface area contributed by atoms with Gasteiger partial charge < -0.3 is 14.7 Å². The number of aromatic nitrogens is 2. The van der Waals surface area contributed by atoms with Crippen LogP contribution < -0.4 is 4.90 Å². The maximum Gasteiger partial charge on any atom is 0.141 e. The van der Waals surface area contributed by atoms with Crippen LogP contribution in [-0.2, 0) is 0 Å². The quantitative estimate of drug-likeness (QED) is 0.626. The molecule has 2 aliphatic rings. The molecule has 3 aromatic rings. The maximum atomic E-state index is 4.76. The number of anilines is 1. The summed E-state index contributed by atoms with van der Waals surface area (Å²) in [6.07, 6.45) is 6.79. The summed E-state index contributed by atoms with van der Waals surface area (Å²) in [4.78, 5) is 18.0. The summed E-state index contributed by atoms with van der Waals surface area (Å²) in [7, 11) is 4.44. The zero-order valence-electron chi connectivity index (χ0n) is 18.0. The first-order valence-electron chi connectivity index (χ1n) is 11.1. The largest absolute Gasteiger partial charge is 0.356 e. The van der Waals surface area contributed by atoms with Gasteiger partial charge in [-0.3, -0.25) is 0 Å². The number of benzene rings is 1. The molecule has 0 N–H and O–H groups in total. The molecule has 2 fully saturated rings. The third-order valence-electron chi connectivity index (χ3n) is 6.94. The molecule has 0 amide bonds. The summed E-state index contributed by atoms with van der Waals surface area (Å²) < 4.78 is 0. The average molecular weight is 422 g/mol. The molecule has 30 heavy (non-hydrogen) atoms. The highest BCUT2D eigenvalue weighted by Gasteiger charge is 2.30. The van der Waals surface area contributed by atoms with E-state index in [-0.39, 0.29) is 0 Å². The molecule has 2 aromatic heterocycles. The fourth-order valence-corrected chi connectivity index (χ4v) is 6.05. The van der Waals surface area contributed by atoms with Gasteiger partial charge in [-0.1, -0.05) is 30.3 Å². The van der Waals surface area contributed by atoms with Gasteiger partial charge in [-0.05, 0) is 58.4 Å². The molecule has 0 bridgehead atoms. The summed E-state index contributed by atoms with van der Waals surface area (Å²) in [5.41, 5.74) is 2.51. The lowest BCUT2D eigenvalue weighted by Crippen LogP contribution is -2.50. The highest BCUT2D eigenvalue weighted by molar-refractivity contribution is 7.17. The Balaban J connectivity index is 1.32. The number of hydrogen-bond donors (Lipinski definition) is 0. The van der Waals surface area contributed by atoms with Crippen molar-refractivity contribution < 1.29 is 0 Å². The second kappa shape index (κ2) is 8.61. The van der Waals surface area contributed by atoms with Gasteiger partial charge in [0.25, 0.3) is 0 Å². The van der Waals surface area contributed by atoms with Crippen molar-refractivity contribution in [2.75, 3.05) is 45.2 Å². The molecule has 158 valence electrons. The van der Waals surface area contributed by atoms with Crippen LogP contribution in [0.3, 0.4) is 0 Å². The van der Waals surface area contributed by atoms with E-state index in [0.717, 1.165) is 35.8 Å². The molecule has 2 saturated heterocycles. The zero-order chi connectivity index (χ0) is 20.5. The van der Waals surface area contributed by atoms with E-state index in [9.17, 15) is 0 Å². The molecule has 2 aliphatic heterocycles. The van der Waals surface area contributed by atoms with E-state index in [4.69, 9.17) is 4.98 Å². The van der Waals surface area contributed by atoms with Crippen molar-refractivity contribution in [3.63, 3.8) is 0 Å². The second-order valence-corrected chi connectivity index (χ2v) is 9.70. The Bertz CT molecular complexity index is 970. The minimum Gasteiger partial charge on any atom is -0.356 e. The fraction of sp³-hybridized carbons (Fsp3) is 0.500. The molecule has 4 heterocycles. The van der Waals surface area contributed by atoms with E-state index < -0.39 is 0 Å². The molecule has 5 rings (SSSR count).